The molecule has 4 aromatic carbocycles. The lowest BCUT2D eigenvalue weighted by Gasteiger charge is -2.15. The molecule has 0 atom stereocenters. The van der Waals surface area contributed by atoms with E-state index >= 15 is 17.6 Å². The van der Waals surface area contributed by atoms with Crippen molar-refractivity contribution in [2.24, 2.45) is 0 Å². The number of hydrogen-bond acceptors (Lipinski definition) is 2. The molecular formula is C38H28F6O2S. The van der Waals surface area contributed by atoms with Gasteiger partial charge in [0.05, 0.1) is 11.5 Å². The number of benzene rings is 4. The summed E-state index contributed by atoms with van der Waals surface area (Å²) in [5.41, 5.74) is 2.82. The van der Waals surface area contributed by atoms with E-state index in [9.17, 15) is 17.2 Å². The second-order valence-corrected chi connectivity index (χ2v) is 13.8. The Bertz CT molecular complexity index is 2000. The second kappa shape index (κ2) is 12.5. The first-order chi connectivity index (χ1) is 22.3. The highest BCUT2D eigenvalue weighted by Crippen LogP contribution is 2.40. The Kier molecular flexibility index (Phi) is 8.61. The minimum Gasteiger partial charge on any atom is -0.228 e. The molecule has 9 heteroatoms. The minimum atomic E-state index is -4.46. The molecule has 0 N–H and O–H groups in total. The zero-order valence-corrected chi connectivity index (χ0v) is 26.2. The summed E-state index contributed by atoms with van der Waals surface area (Å²) in [6.07, 6.45) is 7.96. The SMILES string of the molecule is Cc1ccc(C2=CCC=C2c2cc(F)c(CS(=O)(=O)Cc3c(F)cc(C4=CCC=C4c4ccc(C)c(F)c4)cc3F)c(F)c2)cc1F. The van der Waals surface area contributed by atoms with Gasteiger partial charge in [-0.05, 0) is 119 Å². The lowest BCUT2D eigenvalue weighted by molar-refractivity contribution is 0.547. The van der Waals surface area contributed by atoms with Crippen LogP contribution < -0.4 is 0 Å². The quantitative estimate of drug-likeness (QED) is 0.176. The molecule has 2 aliphatic rings. The third kappa shape index (κ3) is 6.49. The summed E-state index contributed by atoms with van der Waals surface area (Å²) in [5, 5.41) is 0. The van der Waals surface area contributed by atoms with Crippen LogP contribution in [0.1, 0.15) is 57.3 Å². The maximum absolute atomic E-state index is 15.3. The van der Waals surface area contributed by atoms with Gasteiger partial charge in [0.1, 0.15) is 34.9 Å². The summed E-state index contributed by atoms with van der Waals surface area (Å²) in [7, 11) is -4.46. The van der Waals surface area contributed by atoms with Crippen LogP contribution in [0, 0.1) is 48.8 Å². The van der Waals surface area contributed by atoms with E-state index in [-0.39, 0.29) is 11.1 Å². The summed E-state index contributed by atoms with van der Waals surface area (Å²) in [6, 6.07) is 13.3. The Morgan fingerprint density at radius 1 is 0.468 bits per heavy atom. The lowest BCUT2D eigenvalue weighted by atomic mass is 9.93. The van der Waals surface area contributed by atoms with Crippen molar-refractivity contribution in [3.05, 3.63) is 164 Å². The third-order valence-corrected chi connectivity index (χ3v) is 9.92. The molecule has 0 aromatic heterocycles. The highest BCUT2D eigenvalue weighted by molar-refractivity contribution is 7.89. The van der Waals surface area contributed by atoms with Crippen molar-refractivity contribution in [1.82, 2.24) is 0 Å². The molecule has 0 saturated carbocycles. The highest BCUT2D eigenvalue weighted by atomic mass is 32.2. The molecule has 2 aliphatic carbocycles. The first-order valence-electron chi connectivity index (χ1n) is 14.8. The van der Waals surface area contributed by atoms with Crippen LogP contribution in [0.5, 0.6) is 0 Å². The molecule has 0 amide bonds. The molecule has 0 fully saturated rings. The molecule has 0 spiro atoms. The minimum absolute atomic E-state index is 0.140. The number of halogens is 6. The van der Waals surface area contributed by atoms with Gasteiger partial charge in [-0.1, -0.05) is 48.6 Å². The van der Waals surface area contributed by atoms with Gasteiger partial charge in [0.15, 0.2) is 9.84 Å². The molecule has 0 radical (unpaired) electrons. The zero-order chi connectivity index (χ0) is 33.6. The normalized spacial score (nSPS) is 14.6. The highest BCUT2D eigenvalue weighted by Gasteiger charge is 2.26. The molecular weight excluding hydrogens is 634 g/mol. The van der Waals surface area contributed by atoms with Gasteiger partial charge in [0.2, 0.25) is 0 Å². The van der Waals surface area contributed by atoms with Gasteiger partial charge in [-0.3, -0.25) is 0 Å². The molecule has 0 bridgehead atoms. The predicted octanol–water partition coefficient (Wildman–Crippen LogP) is 9.99. The monoisotopic (exact) mass is 662 g/mol. The molecule has 2 nitrogen and oxygen atoms in total. The first kappa shape index (κ1) is 32.3. The molecule has 240 valence electrons. The van der Waals surface area contributed by atoms with Crippen LogP contribution in [0.2, 0.25) is 0 Å². The van der Waals surface area contributed by atoms with Crippen LogP contribution in [-0.4, -0.2) is 8.42 Å². The lowest BCUT2D eigenvalue weighted by Crippen LogP contribution is -2.13. The number of hydrogen-bond donors (Lipinski definition) is 0. The van der Waals surface area contributed by atoms with Crippen molar-refractivity contribution in [2.75, 3.05) is 0 Å². The van der Waals surface area contributed by atoms with Crippen molar-refractivity contribution in [1.29, 1.82) is 0 Å². The average molecular weight is 663 g/mol. The topological polar surface area (TPSA) is 34.1 Å². The van der Waals surface area contributed by atoms with E-state index in [4.69, 9.17) is 0 Å². The number of allylic oxidation sites excluding steroid dienone is 8. The van der Waals surface area contributed by atoms with Crippen molar-refractivity contribution < 1.29 is 34.8 Å². The predicted molar refractivity (Wildman–Crippen MR) is 172 cm³/mol. The van der Waals surface area contributed by atoms with Gasteiger partial charge in [-0.2, -0.15) is 0 Å². The summed E-state index contributed by atoms with van der Waals surface area (Å²) in [5.74, 6) is -7.66. The van der Waals surface area contributed by atoms with Gasteiger partial charge < -0.3 is 0 Å². The van der Waals surface area contributed by atoms with Gasteiger partial charge >= 0.3 is 0 Å². The van der Waals surface area contributed by atoms with Crippen LogP contribution in [-0.2, 0) is 21.3 Å². The van der Waals surface area contributed by atoms with Gasteiger partial charge in [-0.15, -0.1) is 0 Å². The fourth-order valence-electron chi connectivity index (χ4n) is 5.93. The van der Waals surface area contributed by atoms with Gasteiger partial charge in [-0.25, -0.2) is 34.8 Å². The maximum Gasteiger partial charge on any atom is 0.159 e. The summed E-state index contributed by atoms with van der Waals surface area (Å²) >= 11 is 0. The summed E-state index contributed by atoms with van der Waals surface area (Å²) in [4.78, 5) is 0. The van der Waals surface area contributed by atoms with Crippen LogP contribution in [0.15, 0.2) is 85.0 Å². The Morgan fingerprint density at radius 2 is 0.766 bits per heavy atom. The molecule has 4 aromatic rings. The number of sulfone groups is 1. The Labute approximate surface area is 269 Å². The summed E-state index contributed by atoms with van der Waals surface area (Å²) < 4.78 is 116. The van der Waals surface area contributed by atoms with Crippen molar-refractivity contribution in [3.63, 3.8) is 0 Å². The smallest absolute Gasteiger partial charge is 0.159 e. The molecule has 0 unspecified atom stereocenters. The second-order valence-electron chi connectivity index (χ2n) is 11.7. The van der Waals surface area contributed by atoms with Gasteiger partial charge in [0, 0.05) is 11.1 Å². The van der Waals surface area contributed by atoms with Crippen LogP contribution in [0.3, 0.4) is 0 Å². The van der Waals surface area contributed by atoms with E-state index in [1.807, 2.05) is 0 Å². The van der Waals surface area contributed by atoms with Crippen LogP contribution >= 0.6 is 0 Å². The largest absolute Gasteiger partial charge is 0.228 e. The van der Waals surface area contributed by atoms with E-state index in [2.05, 4.69) is 0 Å². The molecule has 0 saturated heterocycles. The first-order valence-corrected chi connectivity index (χ1v) is 16.6. The Morgan fingerprint density at radius 3 is 1.09 bits per heavy atom. The Hall–Kier alpha value is -4.63. The van der Waals surface area contributed by atoms with E-state index in [0.717, 1.165) is 24.3 Å². The fourth-order valence-corrected chi connectivity index (χ4v) is 7.46. The molecule has 0 aliphatic heterocycles. The molecule has 0 heterocycles. The van der Waals surface area contributed by atoms with Crippen molar-refractivity contribution >= 4 is 32.1 Å². The summed E-state index contributed by atoms with van der Waals surface area (Å²) in [6.45, 7) is 3.23. The number of aryl methyl sites for hydroxylation is 2. The van der Waals surface area contributed by atoms with Crippen LogP contribution in [0.4, 0.5) is 26.3 Å². The molecule has 47 heavy (non-hydrogen) atoms. The number of rotatable bonds is 8. The standard InChI is InChI=1S/C38H28F6O2S/c1-21-9-11-23(13-33(21)39)27-5-3-7-29(27)25-15-35(41)31(36(42)16-25)19-47(45,46)20-32-37(43)17-26(18-38(32)44)30-8-4-6-28(30)24-12-10-22(2)34(40)14-24/h5-18H,3-4,19-20H2,1-2H3. The third-order valence-electron chi connectivity index (χ3n) is 8.47. The van der Waals surface area contributed by atoms with Gasteiger partial charge in [0.25, 0.3) is 0 Å². The van der Waals surface area contributed by atoms with E-state index < -0.39 is 67.4 Å². The van der Waals surface area contributed by atoms with E-state index in [1.54, 1.807) is 62.4 Å². The maximum atomic E-state index is 15.3. The average Bonchev–Trinajstić information content (AvgIpc) is 3.70. The zero-order valence-electron chi connectivity index (χ0n) is 25.4. The molecule has 6 rings (SSSR count). The van der Waals surface area contributed by atoms with E-state index in [1.165, 1.54) is 12.1 Å². The van der Waals surface area contributed by atoms with Crippen LogP contribution in [0.25, 0.3) is 22.3 Å². The van der Waals surface area contributed by atoms with Crippen molar-refractivity contribution in [3.8, 4) is 0 Å². The van der Waals surface area contributed by atoms with Crippen molar-refractivity contribution in [2.45, 2.75) is 38.2 Å². The fraction of sp³-hybridized carbons (Fsp3) is 0.158. The Balaban J connectivity index is 1.22. The van der Waals surface area contributed by atoms with E-state index in [0.29, 0.717) is 57.4 Å².